The Kier molecular flexibility index (Phi) is 17.4. The molecule has 2 atom stereocenters. The molecule has 1 unspecified atom stereocenters. The van der Waals surface area contributed by atoms with E-state index in [-0.39, 0.29) is 41.7 Å². The fraction of sp³-hybridized carbons (Fsp3) is 0.630. The molecule has 0 aromatic carbocycles. The Morgan fingerprint density at radius 1 is 0.976 bits per heavy atom. The Hall–Kier alpha value is -3.28. The predicted molar refractivity (Wildman–Crippen MR) is 160 cm³/mol. The molecular formula is C27H44BN5O7S. The Morgan fingerprint density at radius 3 is 2.05 bits per heavy atom. The minimum Gasteiger partial charge on any atom is -0.510 e. The number of nitrogens with one attached hydrogen (secondary N) is 4. The monoisotopic (exact) mass is 593 g/mol. The summed E-state index contributed by atoms with van der Waals surface area (Å²) in [5.41, 5.74) is -0.388. The van der Waals surface area contributed by atoms with E-state index in [1.165, 1.54) is 6.92 Å². The normalized spacial score (nSPS) is 13.6. The molecule has 14 heteroatoms. The summed E-state index contributed by atoms with van der Waals surface area (Å²) in [6.07, 6.45) is 2.76. The second-order valence-corrected chi connectivity index (χ2v) is 11.2. The van der Waals surface area contributed by atoms with Crippen molar-refractivity contribution in [2.45, 2.75) is 86.1 Å². The number of thiocarbonyl (C=S) groups is 1. The number of hydrogen-bond acceptors (Lipinski definition) is 9. The van der Waals surface area contributed by atoms with Crippen LogP contribution in [0.3, 0.4) is 0 Å². The van der Waals surface area contributed by atoms with Crippen LogP contribution in [0.1, 0.15) is 74.1 Å². The third kappa shape index (κ3) is 14.8. The zero-order chi connectivity index (χ0) is 31.9. The third-order valence-corrected chi connectivity index (χ3v) is 6.15. The van der Waals surface area contributed by atoms with Gasteiger partial charge in [0.15, 0.2) is 0 Å². The molecule has 0 aromatic heterocycles. The lowest BCUT2D eigenvalue weighted by Gasteiger charge is -2.24. The van der Waals surface area contributed by atoms with Crippen molar-refractivity contribution >= 4 is 47.8 Å². The zero-order valence-electron chi connectivity index (χ0n) is 24.9. The van der Waals surface area contributed by atoms with Crippen LogP contribution in [0.25, 0.3) is 0 Å². The van der Waals surface area contributed by atoms with Gasteiger partial charge in [0.2, 0.25) is 5.91 Å². The van der Waals surface area contributed by atoms with Crippen LogP contribution in [-0.4, -0.2) is 69.3 Å². The van der Waals surface area contributed by atoms with Gasteiger partial charge in [-0.15, -0.1) is 0 Å². The summed E-state index contributed by atoms with van der Waals surface area (Å²) >= 11 is 5.36. The van der Waals surface area contributed by atoms with Crippen LogP contribution in [-0.2, 0) is 19.2 Å². The van der Waals surface area contributed by atoms with Gasteiger partial charge in [0.1, 0.15) is 28.0 Å². The highest BCUT2D eigenvalue weighted by Crippen LogP contribution is 2.10. The number of nitriles is 1. The molecule has 0 saturated carbocycles. The van der Waals surface area contributed by atoms with E-state index in [2.05, 4.69) is 21.3 Å². The van der Waals surface area contributed by atoms with Gasteiger partial charge in [-0.1, -0.05) is 59.8 Å². The second kappa shape index (κ2) is 19.0. The molecule has 228 valence electrons. The molecule has 0 spiro atoms. The van der Waals surface area contributed by atoms with Gasteiger partial charge in [0, 0.05) is 12.5 Å². The molecule has 0 rings (SSSR count). The van der Waals surface area contributed by atoms with Crippen molar-refractivity contribution in [3.8, 4) is 6.07 Å². The fourth-order valence-corrected chi connectivity index (χ4v) is 3.74. The van der Waals surface area contributed by atoms with E-state index in [0.717, 1.165) is 0 Å². The summed E-state index contributed by atoms with van der Waals surface area (Å²) in [5, 5.41) is 48.7. The number of aliphatic hydroxyl groups excluding tert-OH is 1. The van der Waals surface area contributed by atoms with Crippen LogP contribution in [0.2, 0.25) is 0 Å². The van der Waals surface area contributed by atoms with Crippen LogP contribution in [0.4, 0.5) is 0 Å². The maximum absolute atomic E-state index is 13.0. The highest BCUT2D eigenvalue weighted by Gasteiger charge is 2.31. The molecule has 41 heavy (non-hydrogen) atoms. The number of carbonyl (C=O) groups excluding carboxylic acids is 4. The largest absolute Gasteiger partial charge is 0.510 e. The highest BCUT2D eigenvalue weighted by atomic mass is 32.1. The van der Waals surface area contributed by atoms with E-state index in [1.807, 2.05) is 33.8 Å². The van der Waals surface area contributed by atoms with E-state index in [1.54, 1.807) is 19.9 Å². The van der Waals surface area contributed by atoms with Gasteiger partial charge in [0.25, 0.3) is 17.7 Å². The summed E-state index contributed by atoms with van der Waals surface area (Å²) in [6.45, 7) is 12.0. The van der Waals surface area contributed by atoms with Crippen molar-refractivity contribution in [3.05, 3.63) is 23.1 Å². The van der Waals surface area contributed by atoms with Crippen molar-refractivity contribution in [2.75, 3.05) is 6.54 Å². The van der Waals surface area contributed by atoms with Crippen LogP contribution in [0.15, 0.2) is 23.1 Å². The maximum Gasteiger partial charge on any atom is 0.475 e. The van der Waals surface area contributed by atoms with Crippen LogP contribution >= 0.6 is 12.2 Å². The Bertz CT molecular complexity index is 1050. The van der Waals surface area contributed by atoms with E-state index in [4.69, 9.17) is 12.2 Å². The Morgan fingerprint density at radius 2 is 1.59 bits per heavy atom. The third-order valence-electron chi connectivity index (χ3n) is 5.68. The first kappa shape index (κ1) is 37.7. The topological polar surface area (TPSA) is 201 Å². The van der Waals surface area contributed by atoms with Crippen LogP contribution in [0.5, 0.6) is 0 Å². The highest BCUT2D eigenvalue weighted by molar-refractivity contribution is 7.82. The average molecular weight is 594 g/mol. The number of nitrogens with zero attached hydrogens (tertiary/aromatic N) is 1. The SMILES string of the molecule is C/C(O)=C(\NC(=O)C(C)C)C(=O)N[C@@H](CCCCNC(=O)/C(C#N)=C/C(C)C)C(=S)C(=O)NC(CC(C)C)B(O)O. The molecular weight excluding hydrogens is 549 g/mol. The second-order valence-electron chi connectivity index (χ2n) is 10.8. The number of amides is 4. The van der Waals surface area contributed by atoms with E-state index >= 15 is 0 Å². The van der Waals surface area contributed by atoms with Crippen molar-refractivity contribution in [1.82, 2.24) is 21.3 Å². The summed E-state index contributed by atoms with van der Waals surface area (Å²) < 4.78 is 0. The first-order valence-corrected chi connectivity index (χ1v) is 14.0. The van der Waals surface area contributed by atoms with Crippen molar-refractivity contribution in [3.63, 3.8) is 0 Å². The molecule has 12 nitrogen and oxygen atoms in total. The van der Waals surface area contributed by atoms with Gasteiger partial charge in [0.05, 0.1) is 12.0 Å². The predicted octanol–water partition coefficient (Wildman–Crippen LogP) is 1.34. The average Bonchev–Trinajstić information content (AvgIpc) is 2.87. The van der Waals surface area contributed by atoms with Gasteiger partial charge in [-0.25, -0.2) is 0 Å². The molecule has 0 aliphatic carbocycles. The molecule has 0 saturated heterocycles. The number of unbranched alkanes of at least 4 members (excludes halogenated alkanes) is 1. The number of hydrogen-bond donors (Lipinski definition) is 7. The minimum absolute atomic E-state index is 0.00662. The van der Waals surface area contributed by atoms with Gasteiger partial charge in [-0.2, -0.15) is 5.26 Å². The van der Waals surface area contributed by atoms with Gasteiger partial charge in [-0.05, 0) is 44.4 Å². The summed E-state index contributed by atoms with van der Waals surface area (Å²) in [6, 6.07) is 0.829. The first-order chi connectivity index (χ1) is 19.0. The van der Waals surface area contributed by atoms with Crippen molar-refractivity contribution < 1.29 is 34.3 Å². The lowest BCUT2D eigenvalue weighted by molar-refractivity contribution is -0.126. The number of carbonyl (C=O) groups is 4. The number of rotatable bonds is 17. The number of allylic oxidation sites excluding steroid dienone is 2. The molecule has 0 heterocycles. The smallest absolute Gasteiger partial charge is 0.475 e. The Labute approximate surface area is 248 Å². The molecule has 0 radical (unpaired) electrons. The quantitative estimate of drug-likeness (QED) is 0.0325. The molecule has 7 N–H and O–H groups in total. The van der Waals surface area contributed by atoms with E-state index in [0.29, 0.717) is 12.8 Å². The summed E-state index contributed by atoms with van der Waals surface area (Å²) in [5.74, 6) is -4.54. The van der Waals surface area contributed by atoms with Gasteiger partial charge < -0.3 is 36.4 Å². The van der Waals surface area contributed by atoms with Crippen molar-refractivity contribution in [2.24, 2.45) is 17.8 Å². The first-order valence-electron chi connectivity index (χ1n) is 13.6. The molecule has 0 aromatic rings. The van der Waals surface area contributed by atoms with Crippen molar-refractivity contribution in [1.29, 1.82) is 5.26 Å². The molecule has 0 fully saturated rings. The maximum atomic E-state index is 13.0. The van der Waals surface area contributed by atoms with Crippen LogP contribution < -0.4 is 21.3 Å². The lowest BCUT2D eigenvalue weighted by atomic mass is 9.75. The summed E-state index contributed by atoms with van der Waals surface area (Å²) in [7, 11) is -1.83. The lowest BCUT2D eigenvalue weighted by Crippen LogP contribution is -2.53. The number of aliphatic hydroxyl groups is 1. The molecule has 0 bridgehead atoms. The minimum atomic E-state index is -1.83. The standard InChI is InChI=1S/C27H44BN5O7S/c1-15(2)12-19(14-29)25(36)30-11-9-8-10-20(23(41)27(38)32-21(28(39)40)13-16(3)4)31-26(37)22(18(7)34)33-24(35)17(5)6/h12,15-17,20-21,34,39-40H,8-11,13H2,1-7H3,(H,30,36)(H,31,37)(H,32,38)(H,33,35)/b19-12+,22-18+/t20-,21?/m0/s1. The molecule has 0 aliphatic heterocycles. The van der Waals surface area contributed by atoms with E-state index in [9.17, 15) is 39.6 Å². The molecule has 0 aliphatic rings. The van der Waals surface area contributed by atoms with Crippen LogP contribution in [0, 0.1) is 29.1 Å². The summed E-state index contributed by atoms with van der Waals surface area (Å²) in [4.78, 5) is 50.1. The Balaban J connectivity index is 5.68. The fourth-order valence-electron chi connectivity index (χ4n) is 3.51. The van der Waals surface area contributed by atoms with Gasteiger partial charge >= 0.3 is 7.12 Å². The van der Waals surface area contributed by atoms with E-state index < -0.39 is 60.1 Å². The zero-order valence-corrected chi connectivity index (χ0v) is 25.7. The molecule has 4 amide bonds. The van der Waals surface area contributed by atoms with Gasteiger partial charge in [-0.3, -0.25) is 19.2 Å².